The van der Waals surface area contributed by atoms with Gasteiger partial charge in [-0.3, -0.25) is 5.32 Å². The quantitative estimate of drug-likeness (QED) is 0.904. The second-order valence-electron chi connectivity index (χ2n) is 6.49. The number of rotatable bonds is 4. The highest BCUT2D eigenvalue weighted by molar-refractivity contribution is 7.16. The zero-order valence-electron chi connectivity index (χ0n) is 14.4. The van der Waals surface area contributed by atoms with Crippen LogP contribution in [-0.4, -0.2) is 42.0 Å². The van der Waals surface area contributed by atoms with Crippen molar-refractivity contribution >= 4 is 22.4 Å². The molecule has 0 unspecified atom stereocenters. The molecule has 4 nitrogen and oxygen atoms in total. The molecule has 2 heterocycles. The Labute approximate surface area is 148 Å². The van der Waals surface area contributed by atoms with E-state index in [-0.39, 0.29) is 6.03 Å². The van der Waals surface area contributed by atoms with Crippen molar-refractivity contribution in [2.24, 2.45) is 0 Å². The van der Waals surface area contributed by atoms with Crippen LogP contribution in [0.3, 0.4) is 0 Å². The van der Waals surface area contributed by atoms with Gasteiger partial charge in [0.2, 0.25) is 0 Å². The standard InChI is InChI=1S/C19H25N3OS/c1-15-8-9-18(24-15)20-19(23)22(14-16-6-4-3-5-7-16)17-10-12-21(2)13-11-17/h3-9,17H,10-14H2,1-2H3,(H,20,23). The predicted octanol–water partition coefficient (Wildman–Crippen LogP) is 4.18. The highest BCUT2D eigenvalue weighted by Gasteiger charge is 2.27. The molecule has 0 radical (unpaired) electrons. The average Bonchev–Trinajstić information content (AvgIpc) is 2.99. The molecule has 2 aromatic rings. The number of amides is 2. The van der Waals surface area contributed by atoms with Crippen LogP contribution in [0, 0.1) is 6.92 Å². The summed E-state index contributed by atoms with van der Waals surface area (Å²) < 4.78 is 0. The number of anilines is 1. The third-order valence-electron chi connectivity index (χ3n) is 4.56. The molecule has 1 aromatic heterocycles. The number of aryl methyl sites for hydroxylation is 1. The van der Waals surface area contributed by atoms with Crippen LogP contribution in [0.5, 0.6) is 0 Å². The molecule has 1 N–H and O–H groups in total. The van der Waals surface area contributed by atoms with E-state index in [1.54, 1.807) is 11.3 Å². The van der Waals surface area contributed by atoms with Crippen LogP contribution in [0.4, 0.5) is 9.80 Å². The van der Waals surface area contributed by atoms with Gasteiger partial charge in [-0.15, -0.1) is 11.3 Å². The maximum absolute atomic E-state index is 12.9. The molecule has 0 saturated carbocycles. The number of likely N-dealkylation sites (tertiary alicyclic amines) is 1. The van der Waals surface area contributed by atoms with Gasteiger partial charge in [0.25, 0.3) is 0 Å². The number of nitrogens with one attached hydrogen (secondary N) is 1. The van der Waals surface area contributed by atoms with Crippen molar-refractivity contribution in [3.8, 4) is 0 Å². The van der Waals surface area contributed by atoms with Gasteiger partial charge in [0, 0.05) is 17.5 Å². The summed E-state index contributed by atoms with van der Waals surface area (Å²) >= 11 is 1.62. The van der Waals surface area contributed by atoms with Crippen LogP contribution < -0.4 is 5.32 Å². The molecule has 128 valence electrons. The summed E-state index contributed by atoms with van der Waals surface area (Å²) in [6.45, 7) is 4.80. The van der Waals surface area contributed by atoms with E-state index in [9.17, 15) is 4.79 Å². The minimum absolute atomic E-state index is 0.00950. The molecule has 0 spiro atoms. The average molecular weight is 343 g/mol. The minimum atomic E-state index is 0.00950. The number of piperidine rings is 1. The summed E-state index contributed by atoms with van der Waals surface area (Å²) in [6, 6.07) is 14.6. The third-order valence-corrected chi connectivity index (χ3v) is 5.47. The molecule has 1 aliphatic heterocycles. The van der Waals surface area contributed by atoms with Gasteiger partial charge in [-0.05, 0) is 57.6 Å². The Kier molecular flexibility index (Phi) is 5.53. The summed E-state index contributed by atoms with van der Waals surface area (Å²) in [5.41, 5.74) is 1.17. The van der Waals surface area contributed by atoms with Crippen molar-refractivity contribution in [2.45, 2.75) is 32.4 Å². The lowest BCUT2D eigenvalue weighted by molar-refractivity contribution is 0.135. The van der Waals surface area contributed by atoms with Crippen LogP contribution in [0.2, 0.25) is 0 Å². The Hall–Kier alpha value is -1.85. The minimum Gasteiger partial charge on any atom is -0.317 e. The van der Waals surface area contributed by atoms with Crippen molar-refractivity contribution in [3.63, 3.8) is 0 Å². The number of benzene rings is 1. The Morgan fingerprint density at radius 1 is 1.21 bits per heavy atom. The zero-order valence-corrected chi connectivity index (χ0v) is 15.2. The topological polar surface area (TPSA) is 35.6 Å². The molecular weight excluding hydrogens is 318 g/mol. The molecule has 1 aromatic carbocycles. The van der Waals surface area contributed by atoms with Crippen LogP contribution in [0.25, 0.3) is 0 Å². The van der Waals surface area contributed by atoms with Gasteiger partial charge in [0.15, 0.2) is 0 Å². The second-order valence-corrected chi connectivity index (χ2v) is 7.78. The van der Waals surface area contributed by atoms with Crippen LogP contribution >= 0.6 is 11.3 Å². The van der Waals surface area contributed by atoms with Gasteiger partial charge < -0.3 is 9.80 Å². The molecule has 0 aliphatic carbocycles. The number of carbonyl (C=O) groups is 1. The molecule has 0 bridgehead atoms. The van der Waals surface area contributed by atoms with Crippen LogP contribution in [0.1, 0.15) is 23.3 Å². The molecular formula is C19H25N3OS. The van der Waals surface area contributed by atoms with E-state index in [0.717, 1.165) is 30.9 Å². The molecule has 3 rings (SSSR count). The number of urea groups is 1. The first-order valence-electron chi connectivity index (χ1n) is 8.48. The molecule has 1 saturated heterocycles. The van der Waals surface area contributed by atoms with Crippen molar-refractivity contribution in [2.75, 3.05) is 25.5 Å². The Balaban J connectivity index is 1.74. The maximum atomic E-state index is 12.9. The monoisotopic (exact) mass is 343 g/mol. The van der Waals surface area contributed by atoms with Gasteiger partial charge in [-0.2, -0.15) is 0 Å². The van der Waals surface area contributed by atoms with E-state index < -0.39 is 0 Å². The third kappa shape index (κ3) is 4.36. The Bertz CT molecular complexity index is 662. The van der Waals surface area contributed by atoms with E-state index >= 15 is 0 Å². The summed E-state index contributed by atoms with van der Waals surface area (Å²) in [4.78, 5) is 18.5. The first-order valence-corrected chi connectivity index (χ1v) is 9.30. The molecule has 2 amide bonds. The first-order chi connectivity index (χ1) is 11.6. The lowest BCUT2D eigenvalue weighted by atomic mass is 10.0. The Morgan fingerprint density at radius 3 is 2.54 bits per heavy atom. The smallest absolute Gasteiger partial charge is 0.317 e. The van der Waals surface area contributed by atoms with E-state index in [4.69, 9.17) is 0 Å². The van der Waals surface area contributed by atoms with Crippen molar-refractivity contribution < 1.29 is 4.79 Å². The number of hydrogen-bond donors (Lipinski definition) is 1. The van der Waals surface area contributed by atoms with Crippen molar-refractivity contribution in [1.82, 2.24) is 9.80 Å². The van der Waals surface area contributed by atoms with E-state index in [0.29, 0.717) is 12.6 Å². The lowest BCUT2D eigenvalue weighted by Gasteiger charge is -2.37. The maximum Gasteiger partial charge on any atom is 0.323 e. The van der Waals surface area contributed by atoms with Gasteiger partial charge in [0.1, 0.15) is 0 Å². The fourth-order valence-electron chi connectivity index (χ4n) is 3.13. The highest BCUT2D eigenvalue weighted by Crippen LogP contribution is 2.24. The van der Waals surface area contributed by atoms with Crippen molar-refractivity contribution in [1.29, 1.82) is 0 Å². The number of hydrogen-bond acceptors (Lipinski definition) is 3. The van der Waals surface area contributed by atoms with Gasteiger partial charge in [-0.1, -0.05) is 30.3 Å². The number of carbonyl (C=O) groups excluding carboxylic acids is 1. The van der Waals surface area contributed by atoms with Gasteiger partial charge in [-0.25, -0.2) is 4.79 Å². The molecule has 24 heavy (non-hydrogen) atoms. The number of thiophene rings is 1. The van der Waals surface area contributed by atoms with Gasteiger partial charge in [0.05, 0.1) is 5.00 Å². The van der Waals surface area contributed by atoms with E-state index in [1.165, 1.54) is 10.4 Å². The second kappa shape index (κ2) is 7.81. The predicted molar refractivity (Wildman–Crippen MR) is 101 cm³/mol. The summed E-state index contributed by atoms with van der Waals surface area (Å²) in [6.07, 6.45) is 2.06. The zero-order chi connectivity index (χ0) is 16.9. The fraction of sp³-hybridized carbons (Fsp3) is 0.421. The Morgan fingerprint density at radius 2 is 1.92 bits per heavy atom. The van der Waals surface area contributed by atoms with Crippen LogP contribution in [-0.2, 0) is 6.54 Å². The summed E-state index contributed by atoms with van der Waals surface area (Å²) in [5, 5.41) is 4.00. The SMILES string of the molecule is Cc1ccc(NC(=O)N(Cc2ccccc2)C2CCN(C)CC2)s1. The highest BCUT2D eigenvalue weighted by atomic mass is 32.1. The summed E-state index contributed by atoms with van der Waals surface area (Å²) in [5.74, 6) is 0. The normalized spacial score (nSPS) is 16.1. The fourth-order valence-corrected chi connectivity index (χ4v) is 3.89. The molecule has 1 aliphatic rings. The molecule has 1 fully saturated rings. The van der Waals surface area contributed by atoms with E-state index in [2.05, 4.69) is 36.3 Å². The lowest BCUT2D eigenvalue weighted by Crippen LogP contribution is -2.47. The van der Waals surface area contributed by atoms with E-state index in [1.807, 2.05) is 35.2 Å². The van der Waals surface area contributed by atoms with Gasteiger partial charge >= 0.3 is 6.03 Å². The summed E-state index contributed by atoms with van der Waals surface area (Å²) in [7, 11) is 2.15. The van der Waals surface area contributed by atoms with Crippen molar-refractivity contribution in [3.05, 3.63) is 52.9 Å². The molecule has 5 heteroatoms. The van der Waals surface area contributed by atoms with Crippen LogP contribution in [0.15, 0.2) is 42.5 Å². The number of nitrogens with zero attached hydrogens (tertiary/aromatic N) is 2. The largest absolute Gasteiger partial charge is 0.323 e. The first kappa shape index (κ1) is 17.0. The molecule has 0 atom stereocenters.